The summed E-state index contributed by atoms with van der Waals surface area (Å²) in [4.78, 5) is 49.6. The van der Waals surface area contributed by atoms with E-state index in [2.05, 4.69) is 20.1 Å². The standard InChI is InChI=1S/C18H26N4O9/c1-6-28-16(14(30-11(4)25)8-29-10(3)24)17-15(20-9(2)23)12(21-22-19)7-13(31-17)18(26)27-5/h7,12,14-17H,6,8H2,1-5H3,(H,20,23)/t12-,14+,15+,16+,17+/m0/s1. The molecule has 13 nitrogen and oxygen atoms in total. The van der Waals surface area contributed by atoms with Crippen molar-refractivity contribution in [2.75, 3.05) is 20.3 Å². The molecule has 1 aliphatic heterocycles. The van der Waals surface area contributed by atoms with E-state index in [4.69, 9.17) is 24.5 Å². The number of ether oxygens (including phenoxy) is 5. The number of hydrogen-bond donors (Lipinski definition) is 1. The molecule has 31 heavy (non-hydrogen) atoms. The third-order valence-electron chi connectivity index (χ3n) is 4.07. The molecule has 0 fully saturated rings. The highest BCUT2D eigenvalue weighted by Crippen LogP contribution is 2.28. The molecule has 0 aliphatic carbocycles. The maximum atomic E-state index is 12.1. The monoisotopic (exact) mass is 442 g/mol. The molecule has 1 amide bonds. The second-order valence-corrected chi connectivity index (χ2v) is 6.40. The Hall–Kier alpha value is -3.31. The number of carbonyl (C=O) groups excluding carboxylic acids is 4. The van der Waals surface area contributed by atoms with Crippen LogP contribution in [0.5, 0.6) is 0 Å². The SMILES string of the molecule is CCO[C@@H]([C@@H]1OC(C(=O)OC)=C[C@H](N=[N+]=[N-])[C@H]1NC(C)=O)[C@@H](COC(C)=O)OC(C)=O. The summed E-state index contributed by atoms with van der Waals surface area (Å²) in [6.07, 6.45) is -2.27. The molecule has 0 spiro atoms. The van der Waals surface area contributed by atoms with Crippen LogP contribution in [-0.2, 0) is 42.9 Å². The third kappa shape index (κ3) is 7.79. The first-order chi connectivity index (χ1) is 14.6. The second-order valence-electron chi connectivity index (χ2n) is 6.40. The minimum Gasteiger partial charge on any atom is -0.478 e. The van der Waals surface area contributed by atoms with Crippen LogP contribution in [0.2, 0.25) is 0 Å². The Balaban J connectivity index is 3.49. The van der Waals surface area contributed by atoms with Gasteiger partial charge in [-0.05, 0) is 18.5 Å². The van der Waals surface area contributed by atoms with Gasteiger partial charge in [-0.2, -0.15) is 0 Å². The zero-order chi connectivity index (χ0) is 23.6. The molecule has 0 aromatic rings. The summed E-state index contributed by atoms with van der Waals surface area (Å²) in [5.74, 6) is -2.94. The van der Waals surface area contributed by atoms with Crippen molar-refractivity contribution in [3.63, 3.8) is 0 Å². The molecular formula is C18H26N4O9. The van der Waals surface area contributed by atoms with Crippen molar-refractivity contribution >= 4 is 23.8 Å². The van der Waals surface area contributed by atoms with Crippen LogP contribution in [0.25, 0.3) is 10.4 Å². The van der Waals surface area contributed by atoms with E-state index >= 15 is 0 Å². The minimum absolute atomic E-state index is 0.110. The Morgan fingerprint density at radius 1 is 1.26 bits per heavy atom. The first-order valence-corrected chi connectivity index (χ1v) is 9.34. The van der Waals surface area contributed by atoms with Gasteiger partial charge in [-0.15, -0.1) is 0 Å². The molecule has 0 aromatic carbocycles. The van der Waals surface area contributed by atoms with E-state index in [1.165, 1.54) is 19.9 Å². The van der Waals surface area contributed by atoms with Crippen LogP contribution < -0.4 is 5.32 Å². The van der Waals surface area contributed by atoms with Crippen LogP contribution in [0.1, 0.15) is 27.7 Å². The average molecular weight is 442 g/mol. The molecule has 13 heteroatoms. The highest BCUT2D eigenvalue weighted by molar-refractivity contribution is 5.86. The Morgan fingerprint density at radius 3 is 2.42 bits per heavy atom. The van der Waals surface area contributed by atoms with Crippen molar-refractivity contribution in [1.29, 1.82) is 0 Å². The minimum atomic E-state index is -1.18. The molecule has 172 valence electrons. The van der Waals surface area contributed by atoms with Crippen molar-refractivity contribution in [1.82, 2.24) is 5.32 Å². The van der Waals surface area contributed by atoms with Gasteiger partial charge < -0.3 is 29.0 Å². The molecule has 1 N–H and O–H groups in total. The smallest absolute Gasteiger partial charge is 0.372 e. The number of nitrogens with one attached hydrogen (secondary N) is 1. The summed E-state index contributed by atoms with van der Waals surface area (Å²) in [7, 11) is 1.13. The molecule has 0 saturated carbocycles. The largest absolute Gasteiger partial charge is 0.478 e. The fraction of sp³-hybridized carbons (Fsp3) is 0.667. The first-order valence-electron chi connectivity index (χ1n) is 9.34. The molecule has 1 aliphatic rings. The second kappa shape index (κ2) is 12.4. The number of hydrogen-bond acceptors (Lipinski definition) is 10. The Morgan fingerprint density at radius 2 is 1.94 bits per heavy atom. The fourth-order valence-electron chi connectivity index (χ4n) is 2.98. The van der Waals surface area contributed by atoms with Gasteiger partial charge in [-0.25, -0.2) is 4.79 Å². The van der Waals surface area contributed by atoms with Gasteiger partial charge in [0, 0.05) is 32.3 Å². The lowest BCUT2D eigenvalue weighted by molar-refractivity contribution is -0.181. The summed E-state index contributed by atoms with van der Waals surface area (Å²) in [5, 5.41) is 6.23. The number of amides is 1. The molecule has 1 rings (SSSR count). The molecule has 5 atom stereocenters. The molecule has 0 saturated heterocycles. The van der Waals surface area contributed by atoms with E-state index in [-0.39, 0.29) is 19.0 Å². The van der Waals surface area contributed by atoms with Gasteiger partial charge in [-0.3, -0.25) is 14.4 Å². The van der Waals surface area contributed by atoms with Crippen LogP contribution in [0, 0.1) is 0 Å². The Kier molecular flexibility index (Phi) is 10.3. The van der Waals surface area contributed by atoms with Gasteiger partial charge in [0.05, 0.1) is 19.2 Å². The summed E-state index contributed by atoms with van der Waals surface area (Å²) < 4.78 is 26.4. The number of azide groups is 1. The van der Waals surface area contributed by atoms with Gasteiger partial charge >= 0.3 is 17.9 Å². The van der Waals surface area contributed by atoms with Gasteiger partial charge in [-0.1, -0.05) is 5.11 Å². The lowest BCUT2D eigenvalue weighted by Gasteiger charge is -2.41. The van der Waals surface area contributed by atoms with E-state index in [9.17, 15) is 19.2 Å². The molecule has 0 bridgehead atoms. The third-order valence-corrected chi connectivity index (χ3v) is 4.07. The molecule has 1 heterocycles. The predicted molar refractivity (Wildman–Crippen MR) is 103 cm³/mol. The number of nitrogens with zero attached hydrogens (tertiary/aromatic N) is 3. The van der Waals surface area contributed by atoms with Crippen LogP contribution >= 0.6 is 0 Å². The maximum absolute atomic E-state index is 12.1. The lowest BCUT2D eigenvalue weighted by atomic mass is 9.92. The van der Waals surface area contributed by atoms with Gasteiger partial charge in [0.1, 0.15) is 18.8 Å². The molecular weight excluding hydrogens is 416 g/mol. The normalized spacial score (nSPS) is 21.8. The number of rotatable bonds is 10. The van der Waals surface area contributed by atoms with Crippen LogP contribution in [-0.4, -0.2) is 74.5 Å². The summed E-state index contributed by atoms with van der Waals surface area (Å²) >= 11 is 0. The topological polar surface area (TPSA) is 175 Å². The average Bonchev–Trinajstić information content (AvgIpc) is 2.69. The first kappa shape index (κ1) is 25.7. The van der Waals surface area contributed by atoms with Crippen LogP contribution in [0.3, 0.4) is 0 Å². The van der Waals surface area contributed by atoms with E-state index < -0.39 is 54.2 Å². The van der Waals surface area contributed by atoms with E-state index in [0.717, 1.165) is 14.0 Å². The van der Waals surface area contributed by atoms with Crippen LogP contribution in [0.4, 0.5) is 0 Å². The van der Waals surface area contributed by atoms with E-state index in [0.29, 0.717) is 0 Å². The quantitative estimate of drug-likeness (QED) is 0.166. The zero-order valence-electron chi connectivity index (χ0n) is 17.9. The van der Waals surface area contributed by atoms with Crippen molar-refractivity contribution < 1.29 is 42.9 Å². The van der Waals surface area contributed by atoms with E-state index in [1.807, 2.05) is 0 Å². The van der Waals surface area contributed by atoms with Gasteiger partial charge in [0.2, 0.25) is 11.7 Å². The summed E-state index contributed by atoms with van der Waals surface area (Å²) in [6, 6.07) is -2.06. The Labute approximate surface area is 178 Å². The van der Waals surface area contributed by atoms with Crippen molar-refractivity contribution in [3.05, 3.63) is 22.3 Å². The van der Waals surface area contributed by atoms with Gasteiger partial charge in [0.25, 0.3) is 0 Å². The maximum Gasteiger partial charge on any atom is 0.372 e. The van der Waals surface area contributed by atoms with Crippen molar-refractivity contribution in [2.45, 2.75) is 58.1 Å². The van der Waals surface area contributed by atoms with E-state index in [1.54, 1.807) is 6.92 Å². The molecule has 0 unspecified atom stereocenters. The van der Waals surface area contributed by atoms with Crippen molar-refractivity contribution in [3.8, 4) is 0 Å². The Bertz CT molecular complexity index is 763. The number of esters is 3. The molecule has 0 radical (unpaired) electrons. The predicted octanol–water partition coefficient (Wildman–Crippen LogP) is 0.526. The number of carbonyl (C=O) groups is 4. The lowest BCUT2D eigenvalue weighted by Crippen LogP contribution is -2.60. The zero-order valence-corrected chi connectivity index (χ0v) is 17.9. The van der Waals surface area contributed by atoms with Gasteiger partial charge in [0.15, 0.2) is 6.10 Å². The number of methoxy groups -OCH3 is 1. The van der Waals surface area contributed by atoms with Crippen molar-refractivity contribution in [2.24, 2.45) is 5.11 Å². The molecule has 0 aromatic heterocycles. The summed E-state index contributed by atoms with van der Waals surface area (Å²) in [5.41, 5.74) is 8.96. The highest BCUT2D eigenvalue weighted by Gasteiger charge is 2.46. The van der Waals surface area contributed by atoms with Crippen LogP contribution in [0.15, 0.2) is 16.9 Å². The highest BCUT2D eigenvalue weighted by atomic mass is 16.6. The fourth-order valence-corrected chi connectivity index (χ4v) is 2.98. The summed E-state index contributed by atoms with van der Waals surface area (Å²) in [6.45, 7) is 4.95.